The van der Waals surface area contributed by atoms with E-state index in [1.54, 1.807) is 26.3 Å². The van der Waals surface area contributed by atoms with Crippen LogP contribution >= 0.6 is 0 Å². The average Bonchev–Trinajstić information content (AvgIpc) is 3.21. The minimum absolute atomic E-state index is 0.285. The lowest BCUT2D eigenvalue weighted by Gasteiger charge is -1.99. The Morgan fingerprint density at radius 3 is 2.83 bits per heavy atom. The van der Waals surface area contributed by atoms with Crippen LogP contribution in [0.15, 0.2) is 56.2 Å². The van der Waals surface area contributed by atoms with Gasteiger partial charge in [0.2, 0.25) is 5.82 Å². The number of oxazole rings is 1. The van der Waals surface area contributed by atoms with Gasteiger partial charge in [-0.2, -0.15) is 4.98 Å². The van der Waals surface area contributed by atoms with Gasteiger partial charge in [-0.15, -0.1) is 0 Å². The number of aromatic nitrogens is 3. The first-order valence-corrected chi connectivity index (χ1v) is 7.24. The van der Waals surface area contributed by atoms with E-state index >= 15 is 0 Å². The molecule has 0 saturated carbocycles. The highest BCUT2D eigenvalue weighted by molar-refractivity contribution is 5.88. The predicted molar refractivity (Wildman–Crippen MR) is 86.7 cm³/mol. The molecule has 0 aliphatic heterocycles. The van der Waals surface area contributed by atoms with Crippen molar-refractivity contribution in [2.75, 3.05) is 7.11 Å². The standard InChI is InChI=1S/C17H13N3O4/c1-20-13-8-4-7-12(14(13)23-17(20)21)16-18-15(19-24-16)10-5-3-6-11(9-10)22-2/h3-9H,1-2H3. The van der Waals surface area contributed by atoms with Gasteiger partial charge in [0.15, 0.2) is 5.58 Å². The topological polar surface area (TPSA) is 83.3 Å². The summed E-state index contributed by atoms with van der Waals surface area (Å²) in [6.07, 6.45) is 0. The van der Waals surface area contributed by atoms with Crippen molar-refractivity contribution in [1.82, 2.24) is 14.7 Å². The number of para-hydroxylation sites is 1. The number of fused-ring (bicyclic) bond motifs is 1. The number of aryl methyl sites for hydroxylation is 1. The molecule has 4 rings (SSSR count). The highest BCUT2D eigenvalue weighted by atomic mass is 16.5. The van der Waals surface area contributed by atoms with Crippen LogP contribution in [0, 0.1) is 0 Å². The normalized spacial score (nSPS) is 11.1. The van der Waals surface area contributed by atoms with E-state index in [0.29, 0.717) is 28.2 Å². The minimum atomic E-state index is -0.440. The Kier molecular flexibility index (Phi) is 3.19. The van der Waals surface area contributed by atoms with Crippen LogP contribution in [0.4, 0.5) is 0 Å². The zero-order valence-electron chi connectivity index (χ0n) is 13.0. The van der Waals surface area contributed by atoms with Gasteiger partial charge in [-0.1, -0.05) is 23.4 Å². The van der Waals surface area contributed by atoms with E-state index in [2.05, 4.69) is 10.1 Å². The lowest BCUT2D eigenvalue weighted by molar-refractivity contribution is 0.414. The van der Waals surface area contributed by atoms with Crippen molar-refractivity contribution in [1.29, 1.82) is 0 Å². The van der Waals surface area contributed by atoms with Crippen LogP contribution in [0.3, 0.4) is 0 Å². The zero-order chi connectivity index (χ0) is 16.7. The van der Waals surface area contributed by atoms with Crippen LogP contribution in [0.25, 0.3) is 33.9 Å². The molecule has 0 bridgehead atoms. The Labute approximate surface area is 136 Å². The zero-order valence-corrected chi connectivity index (χ0v) is 13.0. The molecule has 24 heavy (non-hydrogen) atoms. The van der Waals surface area contributed by atoms with E-state index in [0.717, 1.165) is 5.56 Å². The van der Waals surface area contributed by atoms with Crippen molar-refractivity contribution in [3.05, 3.63) is 53.0 Å². The molecule has 0 aliphatic carbocycles. The second-order valence-electron chi connectivity index (χ2n) is 5.24. The van der Waals surface area contributed by atoms with E-state index in [4.69, 9.17) is 13.7 Å². The minimum Gasteiger partial charge on any atom is -0.497 e. The van der Waals surface area contributed by atoms with Crippen molar-refractivity contribution in [2.45, 2.75) is 0 Å². The van der Waals surface area contributed by atoms with Gasteiger partial charge in [0, 0.05) is 12.6 Å². The van der Waals surface area contributed by atoms with Gasteiger partial charge in [-0.25, -0.2) is 4.79 Å². The summed E-state index contributed by atoms with van der Waals surface area (Å²) < 4.78 is 17.3. The van der Waals surface area contributed by atoms with Crippen LogP contribution in [0.5, 0.6) is 5.75 Å². The smallest absolute Gasteiger partial charge is 0.419 e. The van der Waals surface area contributed by atoms with E-state index in [-0.39, 0.29) is 5.89 Å². The van der Waals surface area contributed by atoms with Gasteiger partial charge in [0.05, 0.1) is 18.2 Å². The van der Waals surface area contributed by atoms with Gasteiger partial charge in [0.25, 0.3) is 5.89 Å². The van der Waals surface area contributed by atoms with Crippen LogP contribution in [-0.4, -0.2) is 21.8 Å². The molecule has 0 saturated heterocycles. The van der Waals surface area contributed by atoms with Gasteiger partial charge < -0.3 is 13.7 Å². The maximum absolute atomic E-state index is 11.7. The monoisotopic (exact) mass is 323 g/mol. The number of benzene rings is 2. The number of rotatable bonds is 3. The number of hydrogen-bond acceptors (Lipinski definition) is 6. The van der Waals surface area contributed by atoms with E-state index < -0.39 is 5.76 Å². The summed E-state index contributed by atoms with van der Waals surface area (Å²) in [5.41, 5.74) is 2.43. The molecule has 0 fully saturated rings. The van der Waals surface area contributed by atoms with Crippen LogP contribution in [0.2, 0.25) is 0 Å². The van der Waals surface area contributed by atoms with Crippen molar-refractivity contribution in [2.24, 2.45) is 7.05 Å². The molecule has 0 spiro atoms. The molecular weight excluding hydrogens is 310 g/mol. The lowest BCUT2D eigenvalue weighted by Crippen LogP contribution is -2.08. The number of nitrogens with zero attached hydrogens (tertiary/aromatic N) is 3. The summed E-state index contributed by atoms with van der Waals surface area (Å²) >= 11 is 0. The molecule has 7 heteroatoms. The summed E-state index contributed by atoms with van der Waals surface area (Å²) in [7, 11) is 3.24. The summed E-state index contributed by atoms with van der Waals surface area (Å²) in [5, 5.41) is 4.01. The first kappa shape index (κ1) is 14.3. The quantitative estimate of drug-likeness (QED) is 0.576. The Hall–Kier alpha value is -3.35. The molecule has 0 atom stereocenters. The number of ether oxygens (including phenoxy) is 1. The van der Waals surface area contributed by atoms with Crippen molar-refractivity contribution < 1.29 is 13.7 Å². The highest BCUT2D eigenvalue weighted by Crippen LogP contribution is 2.29. The van der Waals surface area contributed by atoms with E-state index in [1.807, 2.05) is 30.3 Å². The Morgan fingerprint density at radius 1 is 1.17 bits per heavy atom. The first-order valence-electron chi connectivity index (χ1n) is 7.24. The van der Waals surface area contributed by atoms with E-state index in [1.165, 1.54) is 4.57 Å². The molecule has 0 aliphatic rings. The van der Waals surface area contributed by atoms with Crippen LogP contribution in [0.1, 0.15) is 0 Å². The molecule has 0 radical (unpaired) electrons. The summed E-state index contributed by atoms with van der Waals surface area (Å²) in [6.45, 7) is 0. The molecule has 7 nitrogen and oxygen atoms in total. The molecule has 0 unspecified atom stereocenters. The SMILES string of the molecule is COc1cccc(-c2noc(-c3cccc4c3oc(=O)n4C)n2)c1. The lowest BCUT2D eigenvalue weighted by atomic mass is 10.2. The second kappa shape index (κ2) is 5.38. The molecule has 2 heterocycles. The van der Waals surface area contributed by atoms with Gasteiger partial charge in [-0.3, -0.25) is 4.57 Å². The molecule has 120 valence electrons. The molecule has 2 aromatic heterocycles. The molecule has 4 aromatic rings. The summed E-state index contributed by atoms with van der Waals surface area (Å²) in [6, 6.07) is 12.7. The van der Waals surface area contributed by atoms with Gasteiger partial charge in [-0.05, 0) is 24.3 Å². The van der Waals surface area contributed by atoms with Crippen LogP contribution < -0.4 is 10.5 Å². The summed E-state index contributed by atoms with van der Waals surface area (Å²) in [5.74, 6) is 0.979. The molecule has 2 aromatic carbocycles. The van der Waals surface area contributed by atoms with Crippen molar-refractivity contribution in [3.63, 3.8) is 0 Å². The van der Waals surface area contributed by atoms with Crippen molar-refractivity contribution in [3.8, 4) is 28.6 Å². The Morgan fingerprint density at radius 2 is 2.00 bits per heavy atom. The first-order chi connectivity index (χ1) is 11.7. The highest BCUT2D eigenvalue weighted by Gasteiger charge is 2.17. The fourth-order valence-electron chi connectivity index (χ4n) is 2.53. The Bertz CT molecular complexity index is 1090. The third-order valence-corrected chi connectivity index (χ3v) is 3.80. The van der Waals surface area contributed by atoms with Gasteiger partial charge >= 0.3 is 5.76 Å². The molecule has 0 amide bonds. The third-order valence-electron chi connectivity index (χ3n) is 3.80. The van der Waals surface area contributed by atoms with Crippen LogP contribution in [-0.2, 0) is 7.05 Å². The molecular formula is C17H13N3O4. The van der Waals surface area contributed by atoms with Gasteiger partial charge in [0.1, 0.15) is 5.75 Å². The third kappa shape index (κ3) is 2.18. The van der Waals surface area contributed by atoms with Crippen molar-refractivity contribution >= 4 is 11.1 Å². The fourth-order valence-corrected chi connectivity index (χ4v) is 2.53. The maximum atomic E-state index is 11.7. The Balaban J connectivity index is 1.83. The summed E-state index contributed by atoms with van der Waals surface area (Å²) in [4.78, 5) is 16.1. The van der Waals surface area contributed by atoms with E-state index in [9.17, 15) is 4.79 Å². The fraction of sp³-hybridized carbons (Fsp3) is 0.118. The predicted octanol–water partition coefficient (Wildman–Crippen LogP) is 2.86. The average molecular weight is 323 g/mol. The molecule has 0 N–H and O–H groups in total. The maximum Gasteiger partial charge on any atom is 0.419 e. The largest absolute Gasteiger partial charge is 0.497 e. The second-order valence-corrected chi connectivity index (χ2v) is 5.24. The number of methoxy groups -OCH3 is 1. The number of hydrogen-bond donors (Lipinski definition) is 0.